The van der Waals surface area contributed by atoms with E-state index in [4.69, 9.17) is 8.85 Å². The number of hydrogen-bond donors (Lipinski definition) is 0. The van der Waals surface area contributed by atoms with Crippen molar-refractivity contribution in [2.75, 3.05) is 0 Å². The van der Waals surface area contributed by atoms with Crippen molar-refractivity contribution in [1.82, 2.24) is 0 Å². The molecule has 0 aliphatic heterocycles. The van der Waals surface area contributed by atoms with E-state index in [0.717, 1.165) is 22.6 Å². The largest absolute Gasteiger partial charge is 0.544 e. The van der Waals surface area contributed by atoms with E-state index in [2.05, 4.69) is 39.3 Å². The Balaban J connectivity index is 2.37. The molecular weight excluding hydrogens is 272 g/mol. The van der Waals surface area contributed by atoms with Crippen molar-refractivity contribution in [3.8, 4) is 11.5 Å². The van der Waals surface area contributed by atoms with E-state index in [1.54, 1.807) is 0 Å². The van der Waals surface area contributed by atoms with Gasteiger partial charge < -0.3 is 8.85 Å². The molecule has 1 aromatic rings. The Bertz CT molecular complexity index is 525. The molecule has 0 saturated carbocycles. The molecule has 0 fully saturated rings. The van der Waals surface area contributed by atoms with Gasteiger partial charge >= 0.3 is 0 Å². The van der Waals surface area contributed by atoms with Gasteiger partial charge in [0, 0.05) is 12.0 Å². The van der Waals surface area contributed by atoms with Crippen LogP contribution in [0.2, 0.25) is 39.3 Å². The minimum atomic E-state index is -1.70. The lowest BCUT2D eigenvalue weighted by atomic mass is 9.85. The van der Waals surface area contributed by atoms with Gasteiger partial charge in [0.1, 0.15) is 11.5 Å². The first-order valence-corrected chi connectivity index (χ1v) is 13.5. The summed E-state index contributed by atoms with van der Waals surface area (Å²) in [5, 5.41) is 0. The lowest BCUT2D eigenvalue weighted by Crippen LogP contribution is -2.34. The van der Waals surface area contributed by atoms with Crippen LogP contribution in [0.3, 0.4) is 0 Å². The molecular formula is C14H22O3Si2. The molecule has 0 atom stereocenters. The molecule has 1 aromatic carbocycles. The number of rotatable bonds is 4. The van der Waals surface area contributed by atoms with Gasteiger partial charge in [0.15, 0.2) is 5.78 Å². The van der Waals surface area contributed by atoms with Crippen LogP contribution >= 0.6 is 0 Å². The second-order valence-electron chi connectivity index (χ2n) is 6.94. The molecule has 3 nitrogen and oxygen atoms in total. The molecule has 0 aromatic heterocycles. The predicted molar refractivity (Wildman–Crippen MR) is 82.4 cm³/mol. The highest BCUT2D eigenvalue weighted by Gasteiger charge is 2.34. The van der Waals surface area contributed by atoms with Gasteiger partial charge in [-0.3, -0.25) is 4.79 Å². The minimum absolute atomic E-state index is 0.171. The van der Waals surface area contributed by atoms with E-state index < -0.39 is 16.6 Å². The monoisotopic (exact) mass is 294 g/mol. The molecule has 0 bridgehead atoms. The molecule has 0 heterocycles. The third kappa shape index (κ3) is 3.28. The highest BCUT2D eigenvalue weighted by atomic mass is 28.4. The van der Waals surface area contributed by atoms with Gasteiger partial charge in [0.2, 0.25) is 16.6 Å². The van der Waals surface area contributed by atoms with Crippen LogP contribution in [-0.2, 0) is 6.42 Å². The first-order chi connectivity index (χ1) is 8.57. The second-order valence-corrected chi connectivity index (χ2v) is 15.8. The summed E-state index contributed by atoms with van der Waals surface area (Å²) < 4.78 is 12.0. The lowest BCUT2D eigenvalue weighted by molar-refractivity contribution is 0.0964. The Hall–Kier alpha value is -1.08. The molecule has 0 amide bonds. The summed E-state index contributed by atoms with van der Waals surface area (Å²) in [5.74, 6) is 1.79. The molecule has 0 spiro atoms. The van der Waals surface area contributed by atoms with Crippen molar-refractivity contribution in [1.29, 1.82) is 0 Å². The van der Waals surface area contributed by atoms with E-state index in [0.29, 0.717) is 6.42 Å². The van der Waals surface area contributed by atoms with E-state index in [1.165, 1.54) is 0 Å². The van der Waals surface area contributed by atoms with Crippen molar-refractivity contribution in [2.24, 2.45) is 0 Å². The van der Waals surface area contributed by atoms with E-state index >= 15 is 0 Å². The van der Waals surface area contributed by atoms with Crippen LogP contribution in [-0.4, -0.2) is 22.4 Å². The van der Waals surface area contributed by atoms with Crippen molar-refractivity contribution < 1.29 is 13.6 Å². The summed E-state index contributed by atoms with van der Waals surface area (Å²) in [4.78, 5) is 11.8. The van der Waals surface area contributed by atoms with E-state index in [1.807, 2.05) is 12.1 Å². The third-order valence-corrected chi connectivity index (χ3v) is 4.34. The zero-order valence-electron chi connectivity index (χ0n) is 12.6. The summed E-state index contributed by atoms with van der Waals surface area (Å²) in [6.07, 6.45) is 0.484. The average molecular weight is 294 g/mol. The number of Topliss-reactive ketones (excluding diaryl/α,β-unsaturated/α-hetero) is 1. The molecule has 0 radical (unpaired) electrons. The summed E-state index contributed by atoms with van der Waals surface area (Å²) in [6.45, 7) is 12.8. The van der Waals surface area contributed by atoms with Crippen LogP contribution in [0.25, 0.3) is 0 Å². The van der Waals surface area contributed by atoms with Crippen molar-refractivity contribution >= 4 is 22.4 Å². The van der Waals surface area contributed by atoms with Crippen LogP contribution in [0, 0.1) is 0 Å². The third-order valence-electron chi connectivity index (χ3n) is 2.68. The van der Waals surface area contributed by atoms with Crippen LogP contribution in [0.1, 0.15) is 15.9 Å². The second kappa shape index (κ2) is 4.49. The number of hydrogen-bond acceptors (Lipinski definition) is 3. The first kappa shape index (κ1) is 14.3. The molecule has 0 N–H and O–H groups in total. The standard InChI is InChI=1S/C14H22O3Si2/c1-18(2,3)16-12-7-8-13(17-19(4,5)6)14-10(12)9-11(14)15/h7-8H,9H2,1-6H3. The molecule has 2 rings (SSSR count). The number of carbonyl (C=O) groups is 1. The number of benzene rings is 1. The lowest BCUT2D eigenvalue weighted by Gasteiger charge is -2.30. The zero-order chi connectivity index (χ0) is 14.4. The fourth-order valence-corrected chi connectivity index (χ4v) is 3.75. The smallest absolute Gasteiger partial charge is 0.242 e. The molecule has 0 unspecified atom stereocenters. The maximum atomic E-state index is 11.8. The molecule has 1 aliphatic carbocycles. The Morgan fingerprint density at radius 2 is 1.37 bits per heavy atom. The van der Waals surface area contributed by atoms with Crippen molar-refractivity contribution in [3.63, 3.8) is 0 Å². The number of carbonyl (C=O) groups excluding carboxylic acids is 1. The molecule has 5 heteroatoms. The fraction of sp³-hybridized carbons (Fsp3) is 0.500. The van der Waals surface area contributed by atoms with E-state index in [-0.39, 0.29) is 5.78 Å². The summed E-state index contributed by atoms with van der Waals surface area (Å²) in [5.41, 5.74) is 1.78. The Morgan fingerprint density at radius 1 is 0.895 bits per heavy atom. The van der Waals surface area contributed by atoms with Crippen molar-refractivity contribution in [2.45, 2.75) is 45.7 Å². The molecule has 104 valence electrons. The maximum absolute atomic E-state index is 11.8. The molecule has 0 saturated heterocycles. The normalized spacial score (nSPS) is 14.7. The first-order valence-electron chi connectivity index (χ1n) is 6.64. The topological polar surface area (TPSA) is 35.5 Å². The van der Waals surface area contributed by atoms with Crippen LogP contribution in [0.5, 0.6) is 11.5 Å². The average Bonchev–Trinajstić information content (AvgIpc) is 2.15. The quantitative estimate of drug-likeness (QED) is 0.791. The van der Waals surface area contributed by atoms with E-state index in [9.17, 15) is 4.79 Å². The fourth-order valence-electron chi connectivity index (χ4n) is 2.07. The van der Waals surface area contributed by atoms with Crippen molar-refractivity contribution in [3.05, 3.63) is 23.3 Å². The number of fused-ring (bicyclic) bond motifs is 1. The van der Waals surface area contributed by atoms with Crippen LogP contribution in [0.15, 0.2) is 12.1 Å². The molecule has 19 heavy (non-hydrogen) atoms. The molecule has 1 aliphatic rings. The SMILES string of the molecule is C[Si](C)(C)Oc1ccc(O[Si](C)(C)C)c2c1CC2=O. The Morgan fingerprint density at radius 3 is 1.84 bits per heavy atom. The van der Waals surface area contributed by atoms with Gasteiger partial charge in [-0.05, 0) is 51.4 Å². The Kier molecular flexibility index (Phi) is 3.39. The van der Waals surface area contributed by atoms with Crippen LogP contribution < -0.4 is 8.85 Å². The highest BCUT2D eigenvalue weighted by Crippen LogP contribution is 2.40. The Labute approximate surface area is 117 Å². The zero-order valence-corrected chi connectivity index (χ0v) is 14.6. The van der Waals surface area contributed by atoms with Gasteiger partial charge in [-0.2, -0.15) is 0 Å². The van der Waals surface area contributed by atoms with Gasteiger partial charge in [0.25, 0.3) is 0 Å². The summed E-state index contributed by atoms with van der Waals surface area (Å²) >= 11 is 0. The van der Waals surface area contributed by atoms with Crippen LogP contribution in [0.4, 0.5) is 0 Å². The van der Waals surface area contributed by atoms with Gasteiger partial charge in [0.05, 0.1) is 5.56 Å². The highest BCUT2D eigenvalue weighted by molar-refractivity contribution is 6.71. The maximum Gasteiger partial charge on any atom is 0.242 e. The summed E-state index contributed by atoms with van der Waals surface area (Å²) in [7, 11) is -3.34. The summed E-state index contributed by atoms with van der Waals surface area (Å²) in [6, 6.07) is 3.85. The predicted octanol–water partition coefficient (Wildman–Crippen LogP) is 3.85. The minimum Gasteiger partial charge on any atom is -0.544 e. The van der Waals surface area contributed by atoms with Gasteiger partial charge in [-0.25, -0.2) is 0 Å². The van der Waals surface area contributed by atoms with Gasteiger partial charge in [-0.1, -0.05) is 0 Å². The number of ketones is 1. The van der Waals surface area contributed by atoms with Gasteiger partial charge in [-0.15, -0.1) is 0 Å².